The van der Waals surface area contributed by atoms with E-state index in [2.05, 4.69) is 85.1 Å². The van der Waals surface area contributed by atoms with Crippen molar-refractivity contribution in [3.05, 3.63) is 84.5 Å². The highest BCUT2D eigenvalue weighted by Crippen LogP contribution is 2.17. The van der Waals surface area contributed by atoms with Crippen LogP contribution in [0.3, 0.4) is 0 Å². The standard InChI is InChI=1S/C26H30N4O/c1-26(2,3)14-6-5-7-15-29(4)18-22-10-9-13-25(17-22)31-19-23-11-8-12-24(16-23)30-20-27-28-21-30/h5,7-13,16-17,20-21H,15,18-19H2,1-4H3/b7-5+. The fourth-order valence-electron chi connectivity index (χ4n) is 2.97. The first-order chi connectivity index (χ1) is 14.9. The number of likely N-dealkylation sites (N-methyl/N-ethyl adjacent to an activating group) is 1. The molecule has 0 aliphatic heterocycles. The van der Waals surface area contributed by atoms with Crippen LogP contribution in [0, 0.1) is 17.3 Å². The Bertz CT molecular complexity index is 1050. The summed E-state index contributed by atoms with van der Waals surface area (Å²) in [5, 5.41) is 7.72. The number of aromatic nitrogens is 3. The van der Waals surface area contributed by atoms with Crippen LogP contribution in [0.5, 0.6) is 5.75 Å². The maximum absolute atomic E-state index is 6.04. The Balaban J connectivity index is 1.53. The van der Waals surface area contributed by atoms with E-state index in [1.165, 1.54) is 5.56 Å². The first-order valence-corrected chi connectivity index (χ1v) is 10.4. The fourth-order valence-corrected chi connectivity index (χ4v) is 2.97. The van der Waals surface area contributed by atoms with Crippen LogP contribution in [0.2, 0.25) is 0 Å². The lowest BCUT2D eigenvalue weighted by Crippen LogP contribution is -2.17. The Labute approximate surface area is 185 Å². The first kappa shape index (κ1) is 22.3. The summed E-state index contributed by atoms with van der Waals surface area (Å²) in [6.45, 7) is 8.54. The minimum atomic E-state index is 0.0364. The van der Waals surface area contributed by atoms with E-state index >= 15 is 0 Å². The molecule has 3 rings (SSSR count). The van der Waals surface area contributed by atoms with Crippen LogP contribution >= 0.6 is 0 Å². The van der Waals surface area contributed by atoms with E-state index in [1.807, 2.05) is 34.9 Å². The third kappa shape index (κ3) is 7.76. The molecule has 1 aromatic heterocycles. The fraction of sp³-hybridized carbons (Fsp3) is 0.308. The van der Waals surface area contributed by atoms with E-state index in [-0.39, 0.29) is 5.41 Å². The molecule has 0 radical (unpaired) electrons. The van der Waals surface area contributed by atoms with E-state index in [1.54, 1.807) is 12.7 Å². The summed E-state index contributed by atoms with van der Waals surface area (Å²) < 4.78 is 7.92. The molecular weight excluding hydrogens is 384 g/mol. The normalized spacial score (nSPS) is 11.5. The highest BCUT2D eigenvalue weighted by Gasteiger charge is 2.04. The summed E-state index contributed by atoms with van der Waals surface area (Å²) in [6, 6.07) is 16.4. The number of allylic oxidation sites excluding steroid dienone is 1. The van der Waals surface area contributed by atoms with Crippen molar-refractivity contribution in [3.8, 4) is 23.3 Å². The van der Waals surface area contributed by atoms with Gasteiger partial charge in [-0.25, -0.2) is 0 Å². The van der Waals surface area contributed by atoms with E-state index in [0.717, 1.165) is 30.1 Å². The molecule has 0 bridgehead atoms. The van der Waals surface area contributed by atoms with Crippen LogP contribution in [0.1, 0.15) is 31.9 Å². The van der Waals surface area contributed by atoms with Crippen LogP contribution in [0.4, 0.5) is 0 Å². The molecule has 0 aliphatic rings. The molecule has 5 nitrogen and oxygen atoms in total. The van der Waals surface area contributed by atoms with Gasteiger partial charge in [0, 0.05) is 24.2 Å². The lowest BCUT2D eigenvalue weighted by molar-refractivity contribution is 0.304. The van der Waals surface area contributed by atoms with Crippen molar-refractivity contribution in [2.24, 2.45) is 5.41 Å². The van der Waals surface area contributed by atoms with Gasteiger partial charge in [0.05, 0.1) is 0 Å². The first-order valence-electron chi connectivity index (χ1n) is 10.4. The predicted octanol–water partition coefficient (Wildman–Crippen LogP) is 4.88. The molecule has 3 aromatic rings. The van der Waals surface area contributed by atoms with Crippen molar-refractivity contribution >= 4 is 0 Å². The minimum absolute atomic E-state index is 0.0364. The van der Waals surface area contributed by atoms with Gasteiger partial charge in [-0.2, -0.15) is 0 Å². The zero-order valence-corrected chi connectivity index (χ0v) is 18.7. The zero-order chi connectivity index (χ0) is 22.1. The van der Waals surface area contributed by atoms with Crippen molar-refractivity contribution in [3.63, 3.8) is 0 Å². The molecule has 0 saturated heterocycles. The highest BCUT2D eigenvalue weighted by molar-refractivity contribution is 5.36. The Hall–Kier alpha value is -3.36. The van der Waals surface area contributed by atoms with Crippen molar-refractivity contribution in [2.45, 2.75) is 33.9 Å². The average Bonchev–Trinajstić information content (AvgIpc) is 3.27. The largest absolute Gasteiger partial charge is 0.489 e. The van der Waals surface area contributed by atoms with E-state index in [4.69, 9.17) is 4.74 Å². The summed E-state index contributed by atoms with van der Waals surface area (Å²) in [4.78, 5) is 2.25. The molecule has 1 heterocycles. The second kappa shape index (κ2) is 10.6. The van der Waals surface area contributed by atoms with Crippen LogP contribution in [-0.4, -0.2) is 33.3 Å². The number of hydrogen-bond donors (Lipinski definition) is 0. The van der Waals surface area contributed by atoms with E-state index in [0.29, 0.717) is 6.61 Å². The van der Waals surface area contributed by atoms with Crippen LogP contribution in [0.25, 0.3) is 5.69 Å². The van der Waals surface area contributed by atoms with Crippen LogP contribution < -0.4 is 4.74 Å². The highest BCUT2D eigenvalue weighted by atomic mass is 16.5. The molecule has 0 unspecified atom stereocenters. The van der Waals surface area contributed by atoms with Crippen LogP contribution in [0.15, 0.2) is 73.3 Å². The number of nitrogens with zero attached hydrogens (tertiary/aromatic N) is 4. The molecule has 0 N–H and O–H groups in total. The van der Waals surface area contributed by atoms with Gasteiger partial charge in [-0.3, -0.25) is 9.47 Å². The van der Waals surface area contributed by atoms with Gasteiger partial charge < -0.3 is 4.74 Å². The lowest BCUT2D eigenvalue weighted by atomic mass is 9.98. The number of hydrogen-bond acceptors (Lipinski definition) is 4. The van der Waals surface area contributed by atoms with E-state index < -0.39 is 0 Å². The molecular formula is C26H30N4O. The van der Waals surface area contributed by atoms with E-state index in [9.17, 15) is 0 Å². The SMILES string of the molecule is CN(C/C=C/C#CC(C)(C)C)Cc1cccc(OCc2cccc(-n3cnnc3)c2)c1. The average molecular weight is 415 g/mol. The third-order valence-electron chi connectivity index (χ3n) is 4.45. The number of benzene rings is 2. The molecule has 2 aromatic carbocycles. The lowest BCUT2D eigenvalue weighted by Gasteiger charge is -2.15. The quantitative estimate of drug-likeness (QED) is 0.493. The van der Waals surface area contributed by atoms with Crippen LogP contribution in [-0.2, 0) is 13.2 Å². The monoisotopic (exact) mass is 414 g/mol. The topological polar surface area (TPSA) is 43.2 Å². The summed E-state index contributed by atoms with van der Waals surface area (Å²) in [5.41, 5.74) is 3.36. The second-order valence-corrected chi connectivity index (χ2v) is 8.59. The van der Waals surface area contributed by atoms with Crippen molar-refractivity contribution in [1.82, 2.24) is 19.7 Å². The summed E-state index contributed by atoms with van der Waals surface area (Å²) in [6.07, 6.45) is 7.41. The van der Waals surface area contributed by atoms with Crippen molar-refractivity contribution in [1.29, 1.82) is 0 Å². The molecule has 31 heavy (non-hydrogen) atoms. The zero-order valence-electron chi connectivity index (χ0n) is 18.7. The molecule has 0 spiro atoms. The summed E-state index contributed by atoms with van der Waals surface area (Å²) >= 11 is 0. The molecule has 0 saturated carbocycles. The van der Waals surface area contributed by atoms with Gasteiger partial charge >= 0.3 is 0 Å². The van der Waals surface area contributed by atoms with Gasteiger partial charge in [0.15, 0.2) is 0 Å². The summed E-state index contributed by atoms with van der Waals surface area (Å²) in [7, 11) is 2.10. The van der Waals surface area contributed by atoms with Gasteiger partial charge in [0.25, 0.3) is 0 Å². The molecule has 0 aliphatic carbocycles. The van der Waals surface area contributed by atoms with Gasteiger partial charge in [0.1, 0.15) is 25.0 Å². The smallest absolute Gasteiger partial charge is 0.123 e. The third-order valence-corrected chi connectivity index (χ3v) is 4.45. The van der Waals surface area contributed by atoms with Crippen molar-refractivity contribution < 1.29 is 4.74 Å². The number of rotatable bonds is 8. The Kier molecular flexibility index (Phi) is 7.64. The molecule has 0 amide bonds. The van der Waals surface area contributed by atoms with Crippen molar-refractivity contribution in [2.75, 3.05) is 13.6 Å². The minimum Gasteiger partial charge on any atom is -0.489 e. The van der Waals surface area contributed by atoms with Gasteiger partial charge in [-0.1, -0.05) is 42.2 Å². The van der Waals surface area contributed by atoms with Gasteiger partial charge in [-0.15, -0.1) is 10.2 Å². The molecule has 0 fully saturated rings. The molecule has 160 valence electrons. The predicted molar refractivity (Wildman–Crippen MR) is 125 cm³/mol. The summed E-state index contributed by atoms with van der Waals surface area (Å²) in [5.74, 6) is 7.19. The molecule has 5 heteroatoms. The molecule has 0 atom stereocenters. The Morgan fingerprint density at radius 1 is 1.03 bits per heavy atom. The van der Waals surface area contributed by atoms with Gasteiger partial charge in [-0.05, 0) is 69.3 Å². The second-order valence-electron chi connectivity index (χ2n) is 8.59. The maximum Gasteiger partial charge on any atom is 0.123 e. The van der Waals surface area contributed by atoms with Gasteiger partial charge in [0.2, 0.25) is 0 Å². The Morgan fingerprint density at radius 2 is 1.77 bits per heavy atom. The Morgan fingerprint density at radius 3 is 2.55 bits per heavy atom. The number of ether oxygens (including phenoxy) is 1. The maximum atomic E-state index is 6.04.